The van der Waals surface area contributed by atoms with Crippen molar-refractivity contribution in [1.29, 1.82) is 0 Å². The zero-order valence-electron chi connectivity index (χ0n) is 10.7. The van der Waals surface area contributed by atoms with Gasteiger partial charge in [0, 0.05) is 0 Å². The molecule has 0 bridgehead atoms. The summed E-state index contributed by atoms with van der Waals surface area (Å²) in [6, 6.07) is 4.88. The Labute approximate surface area is 107 Å². The summed E-state index contributed by atoms with van der Waals surface area (Å²) in [6.07, 6.45) is 0.509. The molecule has 0 atom stereocenters. The summed E-state index contributed by atoms with van der Waals surface area (Å²) in [5.74, 6) is -0.550. The second-order valence-corrected chi connectivity index (χ2v) is 5.80. The van der Waals surface area contributed by atoms with Gasteiger partial charge in [-0.15, -0.1) is 0 Å². The molecule has 100 valence electrons. The van der Waals surface area contributed by atoms with Gasteiger partial charge in [-0.1, -0.05) is 13.0 Å². The molecule has 1 N–H and O–H groups in total. The van der Waals surface area contributed by atoms with Crippen LogP contribution in [-0.4, -0.2) is 27.2 Å². The van der Waals surface area contributed by atoms with Crippen molar-refractivity contribution in [3.05, 3.63) is 29.3 Å². The number of hydrogen-bond acceptors (Lipinski definition) is 4. The third kappa shape index (κ3) is 3.73. The summed E-state index contributed by atoms with van der Waals surface area (Å²) in [6.45, 7) is 3.59. The van der Waals surface area contributed by atoms with Crippen LogP contribution in [0.5, 0.6) is 0 Å². The smallest absolute Gasteiger partial charge is 0.339 e. The minimum atomic E-state index is -3.42. The third-order valence-corrected chi connectivity index (χ3v) is 3.80. The molecule has 0 heterocycles. The number of rotatable bonds is 5. The van der Waals surface area contributed by atoms with Crippen LogP contribution in [0.3, 0.4) is 0 Å². The van der Waals surface area contributed by atoms with Crippen LogP contribution >= 0.6 is 0 Å². The molecule has 5 nitrogen and oxygen atoms in total. The van der Waals surface area contributed by atoms with E-state index in [0.29, 0.717) is 6.42 Å². The zero-order valence-corrected chi connectivity index (χ0v) is 11.5. The highest BCUT2D eigenvalue weighted by molar-refractivity contribution is 7.92. The van der Waals surface area contributed by atoms with E-state index < -0.39 is 16.0 Å². The molecule has 0 aliphatic carbocycles. The minimum Gasteiger partial charge on any atom is -0.465 e. The molecule has 6 heteroatoms. The Kier molecular flexibility index (Phi) is 4.72. The van der Waals surface area contributed by atoms with Gasteiger partial charge in [0.05, 0.1) is 24.1 Å². The Hall–Kier alpha value is -1.56. The summed E-state index contributed by atoms with van der Waals surface area (Å²) >= 11 is 0. The first-order valence-electron chi connectivity index (χ1n) is 5.59. The molecule has 0 radical (unpaired) electrons. The Bertz CT molecular complexity index is 537. The van der Waals surface area contributed by atoms with Crippen molar-refractivity contribution in [2.45, 2.75) is 20.3 Å². The van der Waals surface area contributed by atoms with Gasteiger partial charge in [0.2, 0.25) is 10.0 Å². The second kappa shape index (κ2) is 5.86. The molecule has 1 rings (SSSR count). The highest BCUT2D eigenvalue weighted by atomic mass is 32.2. The number of carbonyl (C=O) groups excluding carboxylic acids is 1. The molecule has 1 aromatic rings. The fourth-order valence-electron chi connectivity index (χ4n) is 1.52. The van der Waals surface area contributed by atoms with E-state index >= 15 is 0 Å². The second-order valence-electron chi connectivity index (χ2n) is 3.96. The van der Waals surface area contributed by atoms with Crippen LogP contribution in [0.4, 0.5) is 5.69 Å². The molecule has 0 amide bonds. The first kappa shape index (κ1) is 14.5. The number of aryl methyl sites for hydroxylation is 1. The van der Waals surface area contributed by atoms with E-state index in [1.165, 1.54) is 7.11 Å². The molecule has 0 saturated carbocycles. The summed E-state index contributed by atoms with van der Waals surface area (Å²) in [5.41, 5.74) is 1.33. The normalized spacial score (nSPS) is 11.1. The Morgan fingerprint density at radius 1 is 1.39 bits per heavy atom. The lowest BCUT2D eigenvalue weighted by Crippen LogP contribution is -2.18. The number of benzene rings is 1. The number of sulfonamides is 1. The van der Waals surface area contributed by atoms with E-state index in [1.807, 2.05) is 6.92 Å². The van der Waals surface area contributed by atoms with Gasteiger partial charge in [0.15, 0.2) is 0 Å². The molecule has 18 heavy (non-hydrogen) atoms. The number of carbonyl (C=O) groups is 1. The maximum Gasteiger partial charge on any atom is 0.339 e. The van der Waals surface area contributed by atoms with E-state index in [0.717, 1.165) is 5.56 Å². The van der Waals surface area contributed by atoms with Crippen LogP contribution in [0, 0.1) is 6.92 Å². The van der Waals surface area contributed by atoms with E-state index in [4.69, 9.17) is 0 Å². The minimum absolute atomic E-state index is 0.0154. The summed E-state index contributed by atoms with van der Waals surface area (Å²) in [4.78, 5) is 11.5. The highest BCUT2D eigenvalue weighted by Gasteiger charge is 2.16. The number of methoxy groups -OCH3 is 1. The summed E-state index contributed by atoms with van der Waals surface area (Å²) in [5, 5.41) is 0. The van der Waals surface area contributed by atoms with Gasteiger partial charge < -0.3 is 4.74 Å². The molecule has 0 saturated heterocycles. The lowest BCUT2D eigenvalue weighted by atomic mass is 10.1. The first-order chi connectivity index (χ1) is 8.39. The van der Waals surface area contributed by atoms with Crippen molar-refractivity contribution in [3.63, 3.8) is 0 Å². The van der Waals surface area contributed by atoms with E-state index in [-0.39, 0.29) is 17.0 Å². The number of esters is 1. The Balaban J connectivity index is 3.14. The lowest BCUT2D eigenvalue weighted by molar-refractivity contribution is 0.0602. The number of ether oxygens (including phenoxy) is 1. The molecular formula is C12H17NO4S. The van der Waals surface area contributed by atoms with Crippen LogP contribution in [0.1, 0.15) is 29.3 Å². The van der Waals surface area contributed by atoms with Crippen LogP contribution in [-0.2, 0) is 14.8 Å². The van der Waals surface area contributed by atoms with Crippen molar-refractivity contribution in [2.75, 3.05) is 17.6 Å². The standard InChI is InChI=1S/C12H17NO4S/c1-4-7-18(15,16)13-11-8-9(2)5-6-10(11)12(14)17-3/h5-6,8,13H,4,7H2,1-3H3. The molecular weight excluding hydrogens is 254 g/mol. The fraction of sp³-hybridized carbons (Fsp3) is 0.417. The van der Waals surface area contributed by atoms with Crippen molar-refractivity contribution in [1.82, 2.24) is 0 Å². The predicted octanol–water partition coefficient (Wildman–Crippen LogP) is 1.93. The van der Waals surface area contributed by atoms with Crippen molar-refractivity contribution in [2.24, 2.45) is 0 Å². The maximum absolute atomic E-state index is 11.7. The lowest BCUT2D eigenvalue weighted by Gasteiger charge is -2.11. The Morgan fingerprint density at radius 3 is 2.61 bits per heavy atom. The number of hydrogen-bond donors (Lipinski definition) is 1. The van der Waals surface area contributed by atoms with Gasteiger partial charge in [-0.2, -0.15) is 0 Å². The molecule has 0 unspecified atom stereocenters. The molecule has 0 aromatic heterocycles. The van der Waals surface area contributed by atoms with Crippen molar-refractivity contribution < 1.29 is 17.9 Å². The first-order valence-corrected chi connectivity index (χ1v) is 7.24. The predicted molar refractivity (Wildman–Crippen MR) is 70.2 cm³/mol. The SMILES string of the molecule is CCCS(=O)(=O)Nc1cc(C)ccc1C(=O)OC. The van der Waals surface area contributed by atoms with Crippen LogP contribution < -0.4 is 4.72 Å². The average Bonchev–Trinajstić information content (AvgIpc) is 2.27. The maximum atomic E-state index is 11.7. The molecule has 0 spiro atoms. The monoisotopic (exact) mass is 271 g/mol. The summed E-state index contributed by atoms with van der Waals surface area (Å²) in [7, 11) is -2.17. The van der Waals surface area contributed by atoms with Crippen molar-refractivity contribution in [3.8, 4) is 0 Å². The van der Waals surface area contributed by atoms with E-state index in [1.54, 1.807) is 25.1 Å². The Morgan fingerprint density at radius 2 is 2.06 bits per heavy atom. The van der Waals surface area contributed by atoms with Crippen LogP contribution in [0.25, 0.3) is 0 Å². The molecule has 0 aliphatic heterocycles. The largest absolute Gasteiger partial charge is 0.465 e. The van der Waals surface area contributed by atoms with E-state index in [2.05, 4.69) is 9.46 Å². The molecule has 0 aliphatic rings. The van der Waals surface area contributed by atoms with Gasteiger partial charge >= 0.3 is 5.97 Å². The van der Waals surface area contributed by atoms with Gasteiger partial charge in [-0.25, -0.2) is 13.2 Å². The number of nitrogens with one attached hydrogen (secondary N) is 1. The van der Waals surface area contributed by atoms with Gasteiger partial charge in [0.1, 0.15) is 0 Å². The fourth-order valence-corrected chi connectivity index (χ4v) is 2.66. The molecule has 0 fully saturated rings. The van der Waals surface area contributed by atoms with Gasteiger partial charge in [-0.3, -0.25) is 4.72 Å². The van der Waals surface area contributed by atoms with Crippen LogP contribution in [0.2, 0.25) is 0 Å². The quantitative estimate of drug-likeness (QED) is 0.831. The average molecular weight is 271 g/mol. The highest BCUT2D eigenvalue weighted by Crippen LogP contribution is 2.20. The summed E-state index contributed by atoms with van der Waals surface area (Å²) < 4.78 is 30.5. The van der Waals surface area contributed by atoms with Gasteiger partial charge in [0.25, 0.3) is 0 Å². The molecule has 1 aromatic carbocycles. The van der Waals surface area contributed by atoms with Crippen LogP contribution in [0.15, 0.2) is 18.2 Å². The van der Waals surface area contributed by atoms with Gasteiger partial charge in [-0.05, 0) is 31.0 Å². The zero-order chi connectivity index (χ0) is 13.8. The topological polar surface area (TPSA) is 72.5 Å². The van der Waals surface area contributed by atoms with Crippen molar-refractivity contribution >= 4 is 21.7 Å². The van der Waals surface area contributed by atoms with E-state index in [9.17, 15) is 13.2 Å². The third-order valence-electron chi connectivity index (χ3n) is 2.32. The number of anilines is 1.